The van der Waals surface area contributed by atoms with Crippen LogP contribution >= 0.6 is 0 Å². The molecule has 1 saturated heterocycles. The third kappa shape index (κ3) is 9.79. The van der Waals surface area contributed by atoms with Crippen LogP contribution in [0.4, 0.5) is 14.5 Å². The normalized spacial score (nSPS) is 19.2. The summed E-state index contributed by atoms with van der Waals surface area (Å²) in [7, 11) is 1.39. The third-order valence-electron chi connectivity index (χ3n) is 4.78. The smallest absolute Gasteiger partial charge is 0.387 e. The summed E-state index contributed by atoms with van der Waals surface area (Å²) in [6.07, 6.45) is 1.28. The second-order valence-corrected chi connectivity index (χ2v) is 9.29. The van der Waals surface area contributed by atoms with Crippen molar-refractivity contribution in [1.29, 1.82) is 5.41 Å². The Hall–Kier alpha value is -2.76. The monoisotopic (exact) mass is 512 g/mol. The summed E-state index contributed by atoms with van der Waals surface area (Å²) in [5.41, 5.74) is 1.38. The topological polar surface area (TPSA) is 124 Å². The number of hydrogen-bond acceptors (Lipinski definition) is 8. The number of anilines is 1. The first-order valence-corrected chi connectivity index (χ1v) is 12.6. The lowest BCUT2D eigenvalue weighted by Crippen LogP contribution is -2.58. The van der Waals surface area contributed by atoms with Gasteiger partial charge in [0, 0.05) is 51.7 Å². The Morgan fingerprint density at radius 3 is 2.49 bits per heavy atom. The molecule has 11 heteroatoms. The number of aldehydes is 1. The van der Waals surface area contributed by atoms with Crippen molar-refractivity contribution in [2.75, 3.05) is 30.4 Å². The van der Waals surface area contributed by atoms with Crippen molar-refractivity contribution in [2.45, 2.75) is 45.9 Å². The molecule has 1 fully saturated rings. The molecule has 0 aliphatic carbocycles. The molecule has 3 rings (SSSR count). The number of ether oxygens (including phenoxy) is 1. The standard InChI is InChI=1S/C17H17F2N3O3.C5H11NOS.C2H6/c1-10(24)7-21-14-5-11(9-23)8-22-16(14)15(20)12-3-2-4-13(6-12)25-17(18)19;1-5(6-2)3-8(7)4-5;1-2/h2-6,8-10,17,20-21,24H,7H2,1H3;6H,3-4H2,1-2H3;1-2H3. The number of nitrogens with zero attached hydrogens (tertiary/aromatic N) is 1. The fourth-order valence-electron chi connectivity index (χ4n) is 2.91. The van der Waals surface area contributed by atoms with E-state index in [0.717, 1.165) is 11.5 Å². The van der Waals surface area contributed by atoms with E-state index in [1.807, 2.05) is 20.9 Å². The van der Waals surface area contributed by atoms with Gasteiger partial charge in [0.05, 0.1) is 17.5 Å². The molecule has 1 aliphatic heterocycles. The summed E-state index contributed by atoms with van der Waals surface area (Å²) < 4.78 is 39.6. The lowest BCUT2D eigenvalue weighted by molar-refractivity contribution is -0.0498. The van der Waals surface area contributed by atoms with Gasteiger partial charge in [-0.3, -0.25) is 19.4 Å². The summed E-state index contributed by atoms with van der Waals surface area (Å²) in [5.74, 6) is 1.58. The number of rotatable bonds is 9. The van der Waals surface area contributed by atoms with Gasteiger partial charge in [-0.1, -0.05) is 26.0 Å². The molecule has 0 amide bonds. The molecule has 194 valence electrons. The minimum Gasteiger partial charge on any atom is -0.435 e. The van der Waals surface area contributed by atoms with Gasteiger partial charge in [0.15, 0.2) is 6.29 Å². The fraction of sp³-hybridized carbons (Fsp3) is 0.458. The molecule has 1 unspecified atom stereocenters. The van der Waals surface area contributed by atoms with Crippen LogP contribution in [0.3, 0.4) is 0 Å². The summed E-state index contributed by atoms with van der Waals surface area (Å²) in [5, 5.41) is 23.8. The first-order chi connectivity index (χ1) is 16.6. The van der Waals surface area contributed by atoms with Gasteiger partial charge < -0.3 is 20.5 Å². The van der Waals surface area contributed by atoms with Gasteiger partial charge >= 0.3 is 6.61 Å². The molecule has 2 aromatic rings. The van der Waals surface area contributed by atoms with Gasteiger partial charge in [0.2, 0.25) is 0 Å². The molecule has 1 aromatic heterocycles. The van der Waals surface area contributed by atoms with Gasteiger partial charge in [-0.15, -0.1) is 0 Å². The van der Waals surface area contributed by atoms with Crippen LogP contribution < -0.4 is 15.4 Å². The highest BCUT2D eigenvalue weighted by atomic mass is 32.2. The first-order valence-electron chi connectivity index (χ1n) is 11.1. The number of hydrogen-bond donors (Lipinski definition) is 4. The van der Waals surface area contributed by atoms with Crippen molar-refractivity contribution in [3.05, 3.63) is 53.3 Å². The molecule has 8 nitrogen and oxygen atoms in total. The quantitative estimate of drug-likeness (QED) is 0.300. The zero-order valence-corrected chi connectivity index (χ0v) is 21.4. The Balaban J connectivity index is 0.000000512. The van der Waals surface area contributed by atoms with E-state index >= 15 is 0 Å². The minimum atomic E-state index is -2.96. The Morgan fingerprint density at radius 2 is 2.00 bits per heavy atom. The van der Waals surface area contributed by atoms with Crippen LogP contribution in [0.15, 0.2) is 36.5 Å². The van der Waals surface area contributed by atoms with E-state index in [2.05, 4.69) is 27.3 Å². The second kappa shape index (κ2) is 14.6. The molecule has 0 radical (unpaired) electrons. The highest BCUT2D eigenvalue weighted by Crippen LogP contribution is 2.22. The minimum absolute atomic E-state index is 0.0368. The first kappa shape index (κ1) is 30.3. The molecular weight excluding hydrogens is 478 g/mol. The number of aliphatic hydroxyl groups excluding tert-OH is 1. The van der Waals surface area contributed by atoms with Crippen molar-refractivity contribution in [3.8, 4) is 5.75 Å². The molecule has 2 heterocycles. The van der Waals surface area contributed by atoms with Crippen molar-refractivity contribution in [2.24, 2.45) is 0 Å². The van der Waals surface area contributed by atoms with E-state index in [1.165, 1.54) is 30.5 Å². The zero-order chi connectivity index (χ0) is 26.6. The van der Waals surface area contributed by atoms with Crippen LogP contribution in [0.2, 0.25) is 0 Å². The predicted molar refractivity (Wildman–Crippen MR) is 135 cm³/mol. The highest BCUT2D eigenvalue weighted by molar-refractivity contribution is 7.86. The molecule has 0 bridgehead atoms. The van der Waals surface area contributed by atoms with Crippen LogP contribution in [0.25, 0.3) is 0 Å². The largest absolute Gasteiger partial charge is 0.435 e. The molecule has 1 aromatic carbocycles. The van der Waals surface area contributed by atoms with Crippen molar-refractivity contribution >= 4 is 28.5 Å². The maximum Gasteiger partial charge on any atom is 0.387 e. The number of pyridine rings is 1. The number of carbonyl (C=O) groups excluding carboxylic acids is 1. The third-order valence-corrected chi connectivity index (χ3v) is 6.70. The van der Waals surface area contributed by atoms with Gasteiger partial charge in [0.1, 0.15) is 11.4 Å². The predicted octanol–water partition coefficient (Wildman–Crippen LogP) is 3.46. The SMILES string of the molecule is CC.CC(O)CNc1cc(C=O)cnc1C(=N)c1cccc(OC(F)F)c1.CNC1(C)CS(=O)C1. The van der Waals surface area contributed by atoms with Gasteiger partial charge in [-0.2, -0.15) is 8.78 Å². The number of aromatic nitrogens is 1. The molecular formula is C24H34F2N4O4S. The number of benzene rings is 1. The number of nitrogens with one attached hydrogen (secondary N) is 3. The maximum atomic E-state index is 12.3. The summed E-state index contributed by atoms with van der Waals surface area (Å²) in [4.78, 5) is 15.0. The Bertz CT molecular complexity index is 997. The highest BCUT2D eigenvalue weighted by Gasteiger charge is 2.36. The van der Waals surface area contributed by atoms with Crippen molar-refractivity contribution in [1.82, 2.24) is 10.3 Å². The van der Waals surface area contributed by atoms with E-state index in [4.69, 9.17) is 5.41 Å². The average molecular weight is 513 g/mol. The van der Waals surface area contributed by atoms with E-state index < -0.39 is 23.5 Å². The number of carbonyl (C=O) groups is 1. The van der Waals surface area contributed by atoms with E-state index in [9.17, 15) is 22.9 Å². The van der Waals surface area contributed by atoms with Gasteiger partial charge in [0.25, 0.3) is 0 Å². The molecule has 4 N–H and O–H groups in total. The lowest BCUT2D eigenvalue weighted by Gasteiger charge is -2.36. The molecule has 0 saturated carbocycles. The molecule has 35 heavy (non-hydrogen) atoms. The van der Waals surface area contributed by atoms with E-state index in [1.54, 1.807) is 13.0 Å². The average Bonchev–Trinajstić information content (AvgIpc) is 2.82. The Kier molecular flexibility index (Phi) is 12.6. The second-order valence-electron chi connectivity index (χ2n) is 7.83. The number of alkyl halides is 2. The van der Waals surface area contributed by atoms with Gasteiger partial charge in [-0.05, 0) is 39.1 Å². The van der Waals surface area contributed by atoms with Crippen LogP contribution in [0, 0.1) is 5.41 Å². The van der Waals surface area contributed by atoms with Crippen LogP contribution in [0.1, 0.15) is 49.3 Å². The van der Waals surface area contributed by atoms with E-state index in [0.29, 0.717) is 23.1 Å². The maximum absolute atomic E-state index is 12.3. The fourth-order valence-corrected chi connectivity index (χ4v) is 4.54. The van der Waals surface area contributed by atoms with Gasteiger partial charge in [-0.25, -0.2) is 0 Å². The molecule has 0 spiro atoms. The Morgan fingerprint density at radius 1 is 1.34 bits per heavy atom. The summed E-state index contributed by atoms with van der Waals surface area (Å²) in [6, 6.07) is 7.23. The van der Waals surface area contributed by atoms with E-state index in [-0.39, 0.29) is 29.2 Å². The zero-order valence-electron chi connectivity index (χ0n) is 20.6. The van der Waals surface area contributed by atoms with Crippen LogP contribution in [0.5, 0.6) is 5.75 Å². The van der Waals surface area contributed by atoms with Crippen molar-refractivity contribution < 1.29 is 27.6 Å². The van der Waals surface area contributed by atoms with Crippen LogP contribution in [-0.4, -0.2) is 69.6 Å². The summed E-state index contributed by atoms with van der Waals surface area (Å²) >= 11 is 0. The lowest BCUT2D eigenvalue weighted by atomic mass is 10.0. The molecule has 1 atom stereocenters. The number of halogens is 2. The van der Waals surface area contributed by atoms with Crippen molar-refractivity contribution in [3.63, 3.8) is 0 Å². The van der Waals surface area contributed by atoms with Crippen LogP contribution in [-0.2, 0) is 10.8 Å². The molecule has 1 aliphatic rings. The number of aliphatic hydroxyl groups is 1. The Labute approximate surface area is 207 Å². The summed E-state index contributed by atoms with van der Waals surface area (Å²) in [6.45, 7) is 4.91.